The number of ether oxygens (including phenoxy) is 1. The van der Waals surface area contributed by atoms with Crippen LogP contribution in [0.5, 0.6) is 0 Å². The maximum Gasteiger partial charge on any atom is 0.261 e. The molecule has 0 aliphatic rings. The second-order valence-electron chi connectivity index (χ2n) is 7.42. The van der Waals surface area contributed by atoms with E-state index in [0.29, 0.717) is 11.3 Å². The van der Waals surface area contributed by atoms with Gasteiger partial charge in [0.2, 0.25) is 0 Å². The van der Waals surface area contributed by atoms with Gasteiger partial charge in [-0.25, -0.2) is 18.2 Å². The van der Waals surface area contributed by atoms with Crippen LogP contribution in [-0.4, -0.2) is 29.0 Å². The van der Waals surface area contributed by atoms with Crippen molar-refractivity contribution in [2.45, 2.75) is 32.5 Å². The lowest BCUT2D eigenvalue weighted by Gasteiger charge is -2.24. The molecule has 170 valence electrons. The topological polar surface area (TPSA) is 83.5 Å². The van der Waals surface area contributed by atoms with Crippen molar-refractivity contribution >= 4 is 34.4 Å². The molecule has 3 N–H and O–H groups in total. The largest absolute Gasteiger partial charge is 0.386 e. The lowest BCUT2D eigenvalue weighted by atomic mass is 9.95. The Balaban J connectivity index is 1.89. The summed E-state index contributed by atoms with van der Waals surface area (Å²) in [6.07, 6.45) is -2.59. The molecule has 0 aliphatic carbocycles. The van der Waals surface area contributed by atoms with Crippen LogP contribution < -0.4 is 10.6 Å². The number of hydrogen-bond donors (Lipinski definition) is 3. The molecule has 1 amide bonds. The zero-order valence-corrected chi connectivity index (χ0v) is 18.2. The Bertz CT molecular complexity index is 1070. The number of alkyl halides is 2. The normalized spacial score (nSPS) is 11.6. The van der Waals surface area contributed by atoms with Crippen molar-refractivity contribution < 1.29 is 27.8 Å². The highest BCUT2D eigenvalue weighted by atomic mass is 32.1. The number of pyridine rings is 1. The van der Waals surface area contributed by atoms with Crippen LogP contribution in [0.15, 0.2) is 47.2 Å². The van der Waals surface area contributed by atoms with Crippen molar-refractivity contribution in [1.82, 2.24) is 4.98 Å². The second-order valence-corrected chi connectivity index (χ2v) is 8.20. The standard InChI is InChI=1S/C22H22F3N3O3S/c1-22(2,30)15-6-7-16(27-21(29)13-8-9-32-12-13)19(25)20(15)28-18-5-3-4-14(26-18)10-31-11-17(23)24/h3-9,12,17,30H,10-11H2,1-2H3,(H,26,28)(H,27,29). The van der Waals surface area contributed by atoms with Gasteiger partial charge >= 0.3 is 0 Å². The number of hydrogen-bond acceptors (Lipinski definition) is 6. The summed E-state index contributed by atoms with van der Waals surface area (Å²) < 4.78 is 44.8. The smallest absolute Gasteiger partial charge is 0.261 e. The third kappa shape index (κ3) is 6.06. The van der Waals surface area contributed by atoms with Gasteiger partial charge in [0.15, 0.2) is 5.82 Å². The lowest BCUT2D eigenvalue weighted by Crippen LogP contribution is -2.20. The van der Waals surface area contributed by atoms with Crippen molar-refractivity contribution in [2.75, 3.05) is 17.2 Å². The summed E-state index contributed by atoms with van der Waals surface area (Å²) >= 11 is 1.34. The van der Waals surface area contributed by atoms with Crippen LogP contribution in [0.2, 0.25) is 0 Å². The molecule has 6 nitrogen and oxygen atoms in total. The number of thiophene rings is 1. The minimum absolute atomic E-state index is 0.0706. The van der Waals surface area contributed by atoms with Gasteiger partial charge in [0, 0.05) is 10.9 Å². The summed E-state index contributed by atoms with van der Waals surface area (Å²) in [6.45, 7) is 2.14. The van der Waals surface area contributed by atoms with Gasteiger partial charge in [-0.3, -0.25) is 4.79 Å². The monoisotopic (exact) mass is 465 g/mol. The summed E-state index contributed by atoms with van der Waals surface area (Å²) in [4.78, 5) is 16.6. The Morgan fingerprint density at radius 2 is 2.03 bits per heavy atom. The van der Waals surface area contributed by atoms with E-state index in [-0.39, 0.29) is 29.4 Å². The van der Waals surface area contributed by atoms with Gasteiger partial charge in [0.05, 0.1) is 34.8 Å². The van der Waals surface area contributed by atoms with Crippen LogP contribution in [0.25, 0.3) is 0 Å². The van der Waals surface area contributed by atoms with E-state index in [1.807, 2.05) is 0 Å². The summed E-state index contributed by atoms with van der Waals surface area (Å²) in [5.41, 5.74) is -0.551. The van der Waals surface area contributed by atoms with Crippen LogP contribution in [-0.2, 0) is 16.9 Å². The van der Waals surface area contributed by atoms with Crippen LogP contribution in [0, 0.1) is 5.82 Å². The van der Waals surface area contributed by atoms with Gasteiger partial charge in [-0.2, -0.15) is 11.3 Å². The van der Waals surface area contributed by atoms with E-state index in [0.717, 1.165) is 0 Å². The van der Waals surface area contributed by atoms with Gasteiger partial charge in [0.25, 0.3) is 12.3 Å². The molecular formula is C22H22F3N3O3S. The minimum atomic E-state index is -2.59. The number of nitrogens with zero attached hydrogens (tertiary/aromatic N) is 1. The molecule has 2 aromatic heterocycles. The summed E-state index contributed by atoms with van der Waals surface area (Å²) in [5.74, 6) is -1.04. The number of aliphatic hydroxyl groups is 1. The number of halogens is 3. The molecule has 0 spiro atoms. The fourth-order valence-corrected chi connectivity index (χ4v) is 3.54. The van der Waals surface area contributed by atoms with Gasteiger partial charge < -0.3 is 20.5 Å². The molecule has 0 unspecified atom stereocenters. The first-order valence-corrected chi connectivity index (χ1v) is 10.6. The van der Waals surface area contributed by atoms with Gasteiger partial charge in [-0.15, -0.1) is 0 Å². The molecule has 0 fully saturated rings. The quantitative estimate of drug-likeness (QED) is 0.400. The number of amides is 1. The highest BCUT2D eigenvalue weighted by molar-refractivity contribution is 7.08. The van der Waals surface area contributed by atoms with Crippen molar-refractivity contribution in [3.63, 3.8) is 0 Å². The molecule has 0 saturated carbocycles. The summed E-state index contributed by atoms with van der Waals surface area (Å²) in [6, 6.07) is 9.25. The molecule has 32 heavy (non-hydrogen) atoms. The van der Waals surface area contributed by atoms with E-state index >= 15 is 4.39 Å². The molecule has 3 aromatic rings. The Morgan fingerprint density at radius 3 is 2.69 bits per heavy atom. The number of carbonyl (C=O) groups excluding carboxylic acids is 1. The average molecular weight is 465 g/mol. The number of nitrogens with one attached hydrogen (secondary N) is 2. The number of rotatable bonds is 9. The highest BCUT2D eigenvalue weighted by Gasteiger charge is 2.25. The Kier molecular flexibility index (Phi) is 7.49. The van der Waals surface area contributed by atoms with Crippen LogP contribution >= 0.6 is 11.3 Å². The van der Waals surface area contributed by atoms with Gasteiger partial charge in [0.1, 0.15) is 12.4 Å². The maximum atomic E-state index is 15.4. The maximum absolute atomic E-state index is 15.4. The summed E-state index contributed by atoms with van der Waals surface area (Å²) in [5, 5.41) is 19.3. The fraction of sp³-hybridized carbons (Fsp3) is 0.273. The van der Waals surface area contributed by atoms with Crippen LogP contribution in [0.4, 0.5) is 30.4 Å². The molecule has 0 bridgehead atoms. The van der Waals surface area contributed by atoms with Crippen molar-refractivity contribution in [1.29, 1.82) is 0 Å². The van der Waals surface area contributed by atoms with Crippen molar-refractivity contribution in [2.24, 2.45) is 0 Å². The number of benzene rings is 1. The molecule has 0 aliphatic heterocycles. The minimum Gasteiger partial charge on any atom is -0.386 e. The van der Waals surface area contributed by atoms with Crippen LogP contribution in [0.1, 0.15) is 35.5 Å². The van der Waals surface area contributed by atoms with E-state index in [2.05, 4.69) is 15.6 Å². The zero-order chi connectivity index (χ0) is 23.3. The Morgan fingerprint density at radius 1 is 1.25 bits per heavy atom. The second kappa shape index (κ2) is 10.1. The molecular weight excluding hydrogens is 443 g/mol. The van der Waals surface area contributed by atoms with E-state index in [4.69, 9.17) is 4.74 Å². The predicted octanol–water partition coefficient (Wildman–Crippen LogP) is 5.29. The molecule has 3 rings (SSSR count). The fourth-order valence-electron chi connectivity index (χ4n) is 2.90. The Labute approximate surface area is 187 Å². The van der Waals surface area contributed by atoms with E-state index in [1.54, 1.807) is 35.0 Å². The number of aromatic nitrogens is 1. The van der Waals surface area contributed by atoms with Crippen molar-refractivity contribution in [3.8, 4) is 0 Å². The molecule has 0 radical (unpaired) electrons. The molecule has 1 aromatic carbocycles. The lowest BCUT2D eigenvalue weighted by molar-refractivity contribution is 0.00887. The molecule has 10 heteroatoms. The zero-order valence-electron chi connectivity index (χ0n) is 17.4. The van der Waals surface area contributed by atoms with E-state index in [9.17, 15) is 18.7 Å². The molecule has 0 atom stereocenters. The average Bonchev–Trinajstić information content (AvgIpc) is 3.25. The van der Waals surface area contributed by atoms with Crippen LogP contribution in [0.3, 0.4) is 0 Å². The highest BCUT2D eigenvalue weighted by Crippen LogP contribution is 2.35. The number of anilines is 3. The molecule has 2 heterocycles. The van der Waals surface area contributed by atoms with Crippen molar-refractivity contribution in [3.05, 3.63) is 69.8 Å². The third-order valence-electron chi connectivity index (χ3n) is 4.39. The van der Waals surface area contributed by atoms with Gasteiger partial charge in [-0.1, -0.05) is 12.1 Å². The van der Waals surface area contributed by atoms with Gasteiger partial charge in [-0.05, 0) is 43.5 Å². The third-order valence-corrected chi connectivity index (χ3v) is 5.07. The first-order valence-electron chi connectivity index (χ1n) is 9.63. The first-order chi connectivity index (χ1) is 15.1. The Hall–Kier alpha value is -2.95. The SMILES string of the molecule is CC(C)(O)c1ccc(NC(=O)c2ccsc2)c(F)c1Nc1cccc(COCC(F)F)n1. The predicted molar refractivity (Wildman–Crippen MR) is 117 cm³/mol. The molecule has 0 saturated heterocycles. The van der Waals surface area contributed by atoms with E-state index < -0.39 is 30.4 Å². The first kappa shape index (κ1) is 23.7. The van der Waals surface area contributed by atoms with E-state index in [1.165, 1.54) is 37.3 Å². The number of carbonyl (C=O) groups is 1. The summed E-state index contributed by atoms with van der Waals surface area (Å²) in [7, 11) is 0.